The van der Waals surface area contributed by atoms with Crippen LogP contribution in [0.4, 0.5) is 4.79 Å². The van der Waals surface area contributed by atoms with E-state index in [4.69, 9.17) is 23.2 Å². The Morgan fingerprint density at radius 1 is 1.07 bits per heavy atom. The van der Waals surface area contributed by atoms with Gasteiger partial charge in [0.15, 0.2) is 0 Å². The molecule has 0 aromatic heterocycles. The van der Waals surface area contributed by atoms with Crippen LogP contribution in [-0.4, -0.2) is 69.1 Å². The summed E-state index contributed by atoms with van der Waals surface area (Å²) in [5.41, 5.74) is 0.617. The van der Waals surface area contributed by atoms with Crippen LogP contribution in [-0.2, 0) is 20.9 Å². The average Bonchev–Trinajstić information content (AvgIpc) is 2.86. The minimum absolute atomic E-state index is 0.00288. The van der Waals surface area contributed by atoms with Crippen molar-refractivity contribution in [3.8, 4) is 0 Å². The Labute approximate surface area is 183 Å². The Hall–Kier alpha value is -2.36. The van der Waals surface area contributed by atoms with Gasteiger partial charge in [-0.3, -0.25) is 24.6 Å². The molecule has 11 heteroatoms. The molecule has 30 heavy (non-hydrogen) atoms. The first-order valence-electron chi connectivity index (χ1n) is 9.23. The summed E-state index contributed by atoms with van der Waals surface area (Å²) in [5.74, 6) is -3.13. The zero-order chi connectivity index (χ0) is 22.6. The van der Waals surface area contributed by atoms with Gasteiger partial charge in [0.2, 0.25) is 5.91 Å². The van der Waals surface area contributed by atoms with Gasteiger partial charge in [-0.05, 0) is 36.1 Å². The number of imide groups is 1. The predicted octanol–water partition coefficient (Wildman–Crippen LogP) is 2.30. The van der Waals surface area contributed by atoms with Crippen molar-refractivity contribution < 1.29 is 29.4 Å². The summed E-state index contributed by atoms with van der Waals surface area (Å²) in [7, 11) is 0. The van der Waals surface area contributed by atoms with E-state index in [0.29, 0.717) is 15.6 Å². The zero-order valence-electron chi connectivity index (χ0n) is 16.5. The van der Waals surface area contributed by atoms with Crippen molar-refractivity contribution in [2.24, 2.45) is 5.92 Å². The van der Waals surface area contributed by atoms with Crippen LogP contribution in [0.3, 0.4) is 0 Å². The summed E-state index contributed by atoms with van der Waals surface area (Å²) in [6.45, 7) is 2.96. The lowest BCUT2D eigenvalue weighted by Crippen LogP contribution is -2.53. The number of aliphatic carboxylic acids is 2. The number of hydrogen-bond donors (Lipinski definition) is 3. The van der Waals surface area contributed by atoms with Gasteiger partial charge < -0.3 is 15.1 Å². The molecule has 2 atom stereocenters. The molecule has 1 aliphatic heterocycles. The molecule has 0 bridgehead atoms. The molecule has 3 N–H and O–H groups in total. The Bertz CT molecular complexity index is 827. The lowest BCUT2D eigenvalue weighted by atomic mass is 10.0. The van der Waals surface area contributed by atoms with E-state index in [1.807, 2.05) is 0 Å². The average molecular weight is 460 g/mol. The molecule has 0 saturated carbocycles. The molecule has 1 aromatic carbocycles. The van der Waals surface area contributed by atoms with Crippen molar-refractivity contribution in [1.82, 2.24) is 15.1 Å². The third-order valence-corrected chi connectivity index (χ3v) is 4.93. The topological polar surface area (TPSA) is 127 Å². The first-order chi connectivity index (χ1) is 14.0. The number of urea groups is 1. The van der Waals surface area contributed by atoms with Gasteiger partial charge in [-0.2, -0.15) is 0 Å². The third-order valence-electron chi connectivity index (χ3n) is 4.50. The van der Waals surface area contributed by atoms with E-state index in [1.165, 1.54) is 11.0 Å². The summed E-state index contributed by atoms with van der Waals surface area (Å²) >= 11 is 11.9. The van der Waals surface area contributed by atoms with Crippen LogP contribution in [0, 0.1) is 5.92 Å². The second-order valence-corrected chi connectivity index (χ2v) is 8.37. The van der Waals surface area contributed by atoms with Crippen LogP contribution in [0.5, 0.6) is 0 Å². The van der Waals surface area contributed by atoms with Gasteiger partial charge >= 0.3 is 18.0 Å². The van der Waals surface area contributed by atoms with Gasteiger partial charge in [-0.1, -0.05) is 37.0 Å². The number of nitrogens with zero attached hydrogens (tertiary/aromatic N) is 2. The number of rotatable bonds is 10. The molecular formula is C19H23Cl2N3O6. The fourth-order valence-corrected chi connectivity index (χ4v) is 3.73. The zero-order valence-corrected chi connectivity index (χ0v) is 18.0. The highest BCUT2D eigenvalue weighted by Crippen LogP contribution is 2.22. The summed E-state index contributed by atoms with van der Waals surface area (Å²) < 4.78 is 0. The highest BCUT2D eigenvalue weighted by atomic mass is 35.5. The van der Waals surface area contributed by atoms with Crippen molar-refractivity contribution in [3.05, 3.63) is 33.8 Å². The molecule has 1 aliphatic rings. The third kappa shape index (κ3) is 6.32. The van der Waals surface area contributed by atoms with Gasteiger partial charge in [0.25, 0.3) is 0 Å². The molecule has 9 nitrogen and oxygen atoms in total. The second-order valence-electron chi connectivity index (χ2n) is 7.50. The molecule has 0 aliphatic carbocycles. The van der Waals surface area contributed by atoms with Gasteiger partial charge in [-0.25, -0.2) is 4.79 Å². The Morgan fingerprint density at radius 3 is 2.13 bits per heavy atom. The van der Waals surface area contributed by atoms with Crippen molar-refractivity contribution in [2.45, 2.75) is 38.9 Å². The maximum Gasteiger partial charge on any atom is 0.327 e. The Balaban J connectivity index is 2.11. The number of carboxylic acids is 2. The molecule has 1 saturated heterocycles. The van der Waals surface area contributed by atoms with E-state index in [2.05, 4.69) is 5.32 Å². The first-order valence-corrected chi connectivity index (χ1v) is 9.99. The van der Waals surface area contributed by atoms with Crippen LogP contribution < -0.4 is 5.32 Å². The van der Waals surface area contributed by atoms with Crippen LogP contribution in [0.15, 0.2) is 18.2 Å². The largest absolute Gasteiger partial charge is 0.480 e. The van der Waals surface area contributed by atoms with E-state index >= 15 is 0 Å². The van der Waals surface area contributed by atoms with Crippen LogP contribution in [0.25, 0.3) is 0 Å². The fourth-order valence-electron chi connectivity index (χ4n) is 3.16. The van der Waals surface area contributed by atoms with Crippen LogP contribution in [0.1, 0.15) is 25.8 Å². The predicted molar refractivity (Wildman–Crippen MR) is 109 cm³/mol. The maximum atomic E-state index is 12.7. The fraction of sp³-hybridized carbons (Fsp3) is 0.474. The lowest BCUT2D eigenvalue weighted by Gasteiger charge is -2.25. The number of nitrogens with one attached hydrogen (secondary N) is 1. The second kappa shape index (κ2) is 10.1. The molecule has 1 aromatic rings. The smallest absolute Gasteiger partial charge is 0.327 e. The SMILES string of the molecule is CC(C)C[C@H](N[C@@H](CN1C(=O)CN(Cc2cc(Cl)cc(Cl)c2)C1=O)C(=O)O)C(=O)O. The molecule has 1 fully saturated rings. The first kappa shape index (κ1) is 23.9. The molecule has 2 rings (SSSR count). The number of halogens is 2. The molecule has 0 unspecified atom stereocenters. The highest BCUT2D eigenvalue weighted by molar-refractivity contribution is 6.34. The van der Waals surface area contributed by atoms with Crippen molar-refractivity contribution >= 4 is 47.1 Å². The van der Waals surface area contributed by atoms with E-state index in [-0.39, 0.29) is 25.4 Å². The van der Waals surface area contributed by atoms with Crippen molar-refractivity contribution in [1.29, 1.82) is 0 Å². The Morgan fingerprint density at radius 2 is 1.63 bits per heavy atom. The maximum absolute atomic E-state index is 12.7. The van der Waals surface area contributed by atoms with Gasteiger partial charge in [-0.15, -0.1) is 0 Å². The molecule has 1 heterocycles. The minimum atomic E-state index is -1.42. The molecule has 3 amide bonds. The van der Waals surface area contributed by atoms with E-state index in [1.54, 1.807) is 26.0 Å². The number of benzene rings is 1. The Kier molecular flexibility index (Phi) is 8.05. The monoisotopic (exact) mass is 459 g/mol. The number of carbonyl (C=O) groups excluding carboxylic acids is 2. The summed E-state index contributed by atoms with van der Waals surface area (Å²) in [6.07, 6.45) is 0.197. The quantitative estimate of drug-likeness (QED) is 0.457. The van der Waals surface area contributed by atoms with E-state index in [0.717, 1.165) is 4.90 Å². The lowest BCUT2D eigenvalue weighted by molar-refractivity contribution is -0.143. The highest BCUT2D eigenvalue weighted by Gasteiger charge is 2.39. The molecule has 0 spiro atoms. The number of carbonyl (C=O) groups is 4. The number of amides is 3. The normalized spacial score (nSPS) is 16.3. The van der Waals surface area contributed by atoms with E-state index in [9.17, 15) is 29.4 Å². The van der Waals surface area contributed by atoms with Crippen LogP contribution in [0.2, 0.25) is 10.0 Å². The summed E-state index contributed by atoms with van der Waals surface area (Å²) in [5, 5.41) is 22.1. The van der Waals surface area contributed by atoms with Crippen molar-refractivity contribution in [3.63, 3.8) is 0 Å². The standard InChI is InChI=1S/C19H23Cl2N3O6/c1-10(2)3-14(17(26)27)22-15(18(28)29)8-24-16(25)9-23(19(24)30)7-11-4-12(20)6-13(21)5-11/h4-6,10,14-15,22H,3,7-9H2,1-2H3,(H,26,27)(H,28,29)/t14-,15-/m0/s1. The number of carboxylic acid groups (broad SMARTS) is 2. The van der Waals surface area contributed by atoms with Gasteiger partial charge in [0.05, 0.1) is 6.54 Å². The molecule has 0 radical (unpaired) electrons. The van der Waals surface area contributed by atoms with Crippen LogP contribution >= 0.6 is 23.2 Å². The summed E-state index contributed by atoms with van der Waals surface area (Å²) in [6, 6.07) is 1.55. The minimum Gasteiger partial charge on any atom is -0.480 e. The molecule has 164 valence electrons. The van der Waals surface area contributed by atoms with Crippen molar-refractivity contribution in [2.75, 3.05) is 13.1 Å². The number of hydrogen-bond acceptors (Lipinski definition) is 5. The van der Waals surface area contributed by atoms with Gasteiger partial charge in [0.1, 0.15) is 18.6 Å². The van der Waals surface area contributed by atoms with Gasteiger partial charge in [0, 0.05) is 16.6 Å². The summed E-state index contributed by atoms with van der Waals surface area (Å²) in [4.78, 5) is 50.2. The van der Waals surface area contributed by atoms with E-state index < -0.39 is 42.5 Å². The molecular weight excluding hydrogens is 437 g/mol.